The summed E-state index contributed by atoms with van der Waals surface area (Å²) in [6, 6.07) is 0. The van der Waals surface area contributed by atoms with Crippen LogP contribution in [0.4, 0.5) is 0 Å². The van der Waals surface area contributed by atoms with E-state index in [2.05, 4.69) is 13.2 Å². The van der Waals surface area contributed by atoms with Crippen LogP contribution >= 0.6 is 0 Å². The van der Waals surface area contributed by atoms with E-state index in [0.29, 0.717) is 0 Å². The lowest BCUT2D eigenvalue weighted by molar-refractivity contribution is -0.163. The molecule has 3 rings (SSSR count). The molecule has 0 aromatic carbocycles. The van der Waals surface area contributed by atoms with Gasteiger partial charge in [-0.05, 0) is 31.1 Å². The Kier molecular flexibility index (Phi) is 1.97. The Labute approximate surface area is 95.4 Å². The number of hydrogen-bond donors (Lipinski definition) is 0. The maximum absolute atomic E-state index is 5.90. The molecule has 3 nitrogen and oxygen atoms in total. The summed E-state index contributed by atoms with van der Waals surface area (Å²) in [5, 5.41) is 0. The summed E-state index contributed by atoms with van der Waals surface area (Å²) in [6.07, 6.45) is 3.70. The molecule has 86 valence electrons. The van der Waals surface area contributed by atoms with Gasteiger partial charge in [-0.1, -0.05) is 19.2 Å². The third-order valence-electron chi connectivity index (χ3n) is 3.73. The molecule has 0 saturated carbocycles. The van der Waals surface area contributed by atoms with E-state index in [4.69, 9.17) is 14.2 Å². The standard InChI is InChI=1S/C13H16O3/c1-7-8(2)13(6-5-11(7)16-13)12-14-9(3)10(4)15-12/h5-6,9-12H,1-2H2,3-4H3/t9-,10-,11+,13-/m0/s1. The van der Waals surface area contributed by atoms with Crippen LogP contribution in [0.5, 0.6) is 0 Å². The molecular formula is C13H16O3. The first kappa shape index (κ1) is 10.3. The third kappa shape index (κ3) is 1.08. The predicted octanol–water partition coefficient (Wildman–Crippen LogP) is 1.96. The van der Waals surface area contributed by atoms with E-state index in [0.717, 1.165) is 11.1 Å². The van der Waals surface area contributed by atoms with Crippen LogP contribution in [0, 0.1) is 0 Å². The third-order valence-corrected chi connectivity index (χ3v) is 3.73. The van der Waals surface area contributed by atoms with Gasteiger partial charge in [-0.15, -0.1) is 0 Å². The van der Waals surface area contributed by atoms with Crippen LogP contribution < -0.4 is 0 Å². The van der Waals surface area contributed by atoms with Crippen molar-refractivity contribution in [2.75, 3.05) is 0 Å². The Bertz CT molecular complexity index is 388. The summed E-state index contributed by atoms with van der Waals surface area (Å²) in [5.74, 6) is 0. The molecule has 16 heavy (non-hydrogen) atoms. The summed E-state index contributed by atoms with van der Waals surface area (Å²) in [5.41, 5.74) is 1.18. The van der Waals surface area contributed by atoms with Gasteiger partial charge in [-0.25, -0.2) is 0 Å². The minimum absolute atomic E-state index is 0.0501. The molecule has 0 spiro atoms. The maximum atomic E-state index is 5.90. The van der Waals surface area contributed by atoms with E-state index < -0.39 is 11.9 Å². The van der Waals surface area contributed by atoms with Crippen LogP contribution in [0.3, 0.4) is 0 Å². The highest BCUT2D eigenvalue weighted by Gasteiger charge is 2.56. The van der Waals surface area contributed by atoms with Gasteiger partial charge in [0.1, 0.15) is 6.10 Å². The van der Waals surface area contributed by atoms with Crippen molar-refractivity contribution in [3.05, 3.63) is 36.5 Å². The molecule has 3 heteroatoms. The molecular weight excluding hydrogens is 204 g/mol. The van der Waals surface area contributed by atoms with Gasteiger partial charge in [0.15, 0.2) is 11.9 Å². The molecule has 0 unspecified atom stereocenters. The van der Waals surface area contributed by atoms with Crippen LogP contribution in [-0.4, -0.2) is 30.2 Å². The van der Waals surface area contributed by atoms with Crippen molar-refractivity contribution in [1.29, 1.82) is 0 Å². The van der Waals surface area contributed by atoms with Crippen LogP contribution in [0.1, 0.15) is 13.8 Å². The predicted molar refractivity (Wildman–Crippen MR) is 59.9 cm³/mol. The summed E-state index contributed by atoms with van der Waals surface area (Å²) in [4.78, 5) is 0. The Hall–Kier alpha value is -0.900. The molecule has 2 fully saturated rings. The van der Waals surface area contributed by atoms with E-state index in [-0.39, 0.29) is 18.3 Å². The minimum atomic E-state index is -0.638. The van der Waals surface area contributed by atoms with Crippen LogP contribution in [0.2, 0.25) is 0 Å². The van der Waals surface area contributed by atoms with Crippen LogP contribution in [0.15, 0.2) is 36.5 Å². The Morgan fingerprint density at radius 2 is 1.81 bits per heavy atom. The fraction of sp³-hybridized carbons (Fsp3) is 0.538. The van der Waals surface area contributed by atoms with Gasteiger partial charge >= 0.3 is 0 Å². The topological polar surface area (TPSA) is 27.7 Å². The maximum Gasteiger partial charge on any atom is 0.195 e. The zero-order valence-electron chi connectivity index (χ0n) is 9.60. The quantitative estimate of drug-likeness (QED) is 0.632. The van der Waals surface area contributed by atoms with Gasteiger partial charge in [0, 0.05) is 0 Å². The van der Waals surface area contributed by atoms with Crippen molar-refractivity contribution in [1.82, 2.24) is 0 Å². The minimum Gasteiger partial charge on any atom is -0.349 e. The average molecular weight is 220 g/mol. The number of hydrogen-bond acceptors (Lipinski definition) is 3. The van der Waals surface area contributed by atoms with E-state index in [1.165, 1.54) is 0 Å². The van der Waals surface area contributed by atoms with E-state index in [1.54, 1.807) is 0 Å². The van der Waals surface area contributed by atoms with Crippen LogP contribution in [0.25, 0.3) is 0 Å². The highest BCUT2D eigenvalue weighted by Crippen LogP contribution is 2.49. The van der Waals surface area contributed by atoms with Crippen molar-refractivity contribution < 1.29 is 14.2 Å². The van der Waals surface area contributed by atoms with Crippen molar-refractivity contribution in [3.63, 3.8) is 0 Å². The first-order chi connectivity index (χ1) is 7.54. The Morgan fingerprint density at radius 3 is 2.31 bits per heavy atom. The number of ether oxygens (including phenoxy) is 3. The van der Waals surface area contributed by atoms with Crippen molar-refractivity contribution in [2.45, 2.75) is 44.1 Å². The fourth-order valence-electron chi connectivity index (χ4n) is 2.42. The van der Waals surface area contributed by atoms with Gasteiger partial charge < -0.3 is 14.2 Å². The normalized spacial score (nSPS) is 47.2. The van der Waals surface area contributed by atoms with Gasteiger partial charge in [0.2, 0.25) is 0 Å². The van der Waals surface area contributed by atoms with Gasteiger partial charge in [0.25, 0.3) is 0 Å². The first-order valence-electron chi connectivity index (χ1n) is 5.61. The molecule has 4 atom stereocenters. The zero-order chi connectivity index (χ0) is 11.5. The molecule has 2 bridgehead atoms. The second-order valence-corrected chi connectivity index (χ2v) is 4.71. The molecule has 2 saturated heterocycles. The summed E-state index contributed by atoms with van der Waals surface area (Å²) in [6.45, 7) is 12.0. The van der Waals surface area contributed by atoms with Crippen molar-refractivity contribution in [2.24, 2.45) is 0 Å². The monoisotopic (exact) mass is 220 g/mol. The van der Waals surface area contributed by atoms with Gasteiger partial charge in [-0.3, -0.25) is 0 Å². The first-order valence-corrected chi connectivity index (χ1v) is 5.61. The summed E-state index contributed by atoms with van der Waals surface area (Å²) in [7, 11) is 0. The molecule has 0 amide bonds. The van der Waals surface area contributed by atoms with Gasteiger partial charge in [-0.2, -0.15) is 0 Å². The zero-order valence-corrected chi connectivity index (χ0v) is 9.60. The summed E-state index contributed by atoms with van der Waals surface area (Å²) < 4.78 is 17.5. The Morgan fingerprint density at radius 1 is 1.19 bits per heavy atom. The lowest BCUT2D eigenvalue weighted by Gasteiger charge is -2.29. The number of rotatable bonds is 1. The SMILES string of the molecule is C=C1C(=C)[C@]2(C3O[C@@H](C)[C@H](C)O3)C=C[C@H]1O2. The highest BCUT2D eigenvalue weighted by atomic mass is 16.8. The molecule has 0 aromatic rings. The second-order valence-electron chi connectivity index (χ2n) is 4.71. The molecule has 0 N–H and O–H groups in total. The Balaban J connectivity index is 1.93. The fourth-order valence-corrected chi connectivity index (χ4v) is 2.42. The molecule has 0 aliphatic carbocycles. The lowest BCUT2D eigenvalue weighted by atomic mass is 9.86. The smallest absolute Gasteiger partial charge is 0.195 e. The van der Waals surface area contributed by atoms with Gasteiger partial charge in [0.05, 0.1) is 12.2 Å². The lowest BCUT2D eigenvalue weighted by Crippen LogP contribution is -2.41. The highest BCUT2D eigenvalue weighted by molar-refractivity contribution is 5.53. The number of fused-ring (bicyclic) bond motifs is 2. The van der Waals surface area contributed by atoms with E-state index in [1.807, 2.05) is 26.0 Å². The molecule has 3 heterocycles. The van der Waals surface area contributed by atoms with Crippen LogP contribution in [-0.2, 0) is 14.2 Å². The molecule has 3 aliphatic heterocycles. The molecule has 3 aliphatic rings. The van der Waals surface area contributed by atoms with E-state index >= 15 is 0 Å². The average Bonchev–Trinajstić information content (AvgIpc) is 2.87. The largest absolute Gasteiger partial charge is 0.349 e. The van der Waals surface area contributed by atoms with Crippen molar-refractivity contribution >= 4 is 0 Å². The summed E-state index contributed by atoms with van der Waals surface area (Å²) >= 11 is 0. The molecule has 0 aromatic heterocycles. The van der Waals surface area contributed by atoms with Crippen molar-refractivity contribution in [3.8, 4) is 0 Å². The second kappa shape index (κ2) is 3.06. The van der Waals surface area contributed by atoms with E-state index in [9.17, 15) is 0 Å². The molecule has 0 radical (unpaired) electrons.